The number of hydrogen-bond donors (Lipinski definition) is 1. The molecule has 3 aromatic carbocycles. The van der Waals surface area contributed by atoms with Crippen molar-refractivity contribution in [1.29, 1.82) is 0 Å². The zero-order valence-electron chi connectivity index (χ0n) is 18.8. The molecule has 0 spiro atoms. The number of ether oxygens (including phenoxy) is 1. The molecule has 1 heterocycles. The molecule has 2 amide bonds. The molecule has 0 aromatic heterocycles. The van der Waals surface area contributed by atoms with E-state index in [1.807, 2.05) is 39.0 Å². The minimum atomic E-state index is -0.424. The van der Waals surface area contributed by atoms with Crippen molar-refractivity contribution in [2.75, 3.05) is 11.9 Å². The molecule has 0 fully saturated rings. The zero-order chi connectivity index (χ0) is 23.5. The number of amides is 2. The molecular formula is C27H25FN2O3. The molecule has 0 aliphatic carbocycles. The number of carbonyl (C=O) groups excluding carboxylic acids is 2. The lowest BCUT2D eigenvalue weighted by molar-refractivity contribution is -0.137. The standard InChI is InChI=1S/C27H25FN2O3/c1-4-33-23-11-7-20(8-12-23)24-25(29-22-14-17(2)13-18(3)15-22)27(32)30(26(24)31)16-19-5-9-21(28)10-6-19/h5-15,29H,4,16H2,1-3H3. The molecule has 3 aromatic rings. The summed E-state index contributed by atoms with van der Waals surface area (Å²) in [5.41, 5.74) is 4.61. The highest BCUT2D eigenvalue weighted by atomic mass is 19.1. The van der Waals surface area contributed by atoms with Crippen LogP contribution in [0.4, 0.5) is 10.1 Å². The normalized spacial score (nSPS) is 13.6. The van der Waals surface area contributed by atoms with Crippen LogP contribution in [0.5, 0.6) is 5.75 Å². The minimum absolute atomic E-state index is 0.0521. The lowest BCUT2D eigenvalue weighted by Gasteiger charge is -2.15. The Hall–Kier alpha value is -3.93. The lowest BCUT2D eigenvalue weighted by atomic mass is 10.0. The fraction of sp³-hybridized carbons (Fsp3) is 0.185. The first kappa shape index (κ1) is 22.3. The number of nitrogens with zero attached hydrogens (tertiary/aromatic N) is 1. The van der Waals surface area contributed by atoms with Gasteiger partial charge in [-0.15, -0.1) is 0 Å². The van der Waals surface area contributed by atoms with Crippen LogP contribution in [0, 0.1) is 19.7 Å². The van der Waals surface area contributed by atoms with Crippen molar-refractivity contribution in [3.8, 4) is 5.75 Å². The van der Waals surface area contributed by atoms with Gasteiger partial charge in [0.15, 0.2) is 0 Å². The number of carbonyl (C=O) groups is 2. The van der Waals surface area contributed by atoms with Gasteiger partial charge in [0, 0.05) is 5.69 Å². The summed E-state index contributed by atoms with van der Waals surface area (Å²) in [4.78, 5) is 28.0. The van der Waals surface area contributed by atoms with Crippen LogP contribution in [0.3, 0.4) is 0 Å². The monoisotopic (exact) mass is 444 g/mol. The molecule has 0 radical (unpaired) electrons. The van der Waals surface area contributed by atoms with Crippen LogP contribution in [0.25, 0.3) is 5.57 Å². The van der Waals surface area contributed by atoms with E-state index in [0.717, 1.165) is 16.8 Å². The molecule has 1 aliphatic rings. The van der Waals surface area contributed by atoms with Crippen LogP contribution in [0.2, 0.25) is 0 Å². The van der Waals surface area contributed by atoms with E-state index in [-0.39, 0.29) is 18.1 Å². The summed E-state index contributed by atoms with van der Waals surface area (Å²) >= 11 is 0. The third-order valence-electron chi connectivity index (χ3n) is 5.37. The van der Waals surface area contributed by atoms with Crippen LogP contribution >= 0.6 is 0 Å². The molecule has 1 aliphatic heterocycles. The van der Waals surface area contributed by atoms with Gasteiger partial charge in [0.1, 0.15) is 17.3 Å². The molecule has 0 bridgehead atoms. The van der Waals surface area contributed by atoms with Crippen LogP contribution in [0.15, 0.2) is 72.4 Å². The Morgan fingerprint density at radius 1 is 0.879 bits per heavy atom. The summed E-state index contributed by atoms with van der Waals surface area (Å²) < 4.78 is 18.8. The Bertz CT molecular complexity index is 1210. The van der Waals surface area contributed by atoms with Gasteiger partial charge >= 0.3 is 0 Å². The number of halogens is 1. The molecule has 1 N–H and O–H groups in total. The van der Waals surface area contributed by atoms with E-state index in [1.165, 1.54) is 17.0 Å². The van der Waals surface area contributed by atoms with Crippen molar-refractivity contribution >= 4 is 23.1 Å². The molecule has 0 saturated carbocycles. The van der Waals surface area contributed by atoms with Gasteiger partial charge in [0.2, 0.25) is 0 Å². The molecule has 0 unspecified atom stereocenters. The van der Waals surface area contributed by atoms with Crippen molar-refractivity contribution in [2.45, 2.75) is 27.3 Å². The van der Waals surface area contributed by atoms with E-state index in [1.54, 1.807) is 36.4 Å². The smallest absolute Gasteiger partial charge is 0.278 e. The Morgan fingerprint density at radius 2 is 1.52 bits per heavy atom. The number of hydrogen-bond acceptors (Lipinski definition) is 4. The summed E-state index contributed by atoms with van der Waals surface area (Å²) in [6.07, 6.45) is 0. The predicted molar refractivity (Wildman–Crippen MR) is 126 cm³/mol. The average Bonchev–Trinajstić information content (AvgIpc) is 2.99. The second kappa shape index (κ2) is 9.28. The van der Waals surface area contributed by atoms with E-state index in [4.69, 9.17) is 4.74 Å². The molecular weight excluding hydrogens is 419 g/mol. The average molecular weight is 445 g/mol. The maximum atomic E-state index is 13.4. The van der Waals surface area contributed by atoms with Gasteiger partial charge in [-0.2, -0.15) is 0 Å². The summed E-state index contributed by atoms with van der Waals surface area (Å²) in [5.74, 6) is -0.512. The topological polar surface area (TPSA) is 58.6 Å². The second-order valence-electron chi connectivity index (χ2n) is 8.03. The lowest BCUT2D eigenvalue weighted by Crippen LogP contribution is -2.32. The quantitative estimate of drug-likeness (QED) is 0.507. The van der Waals surface area contributed by atoms with Gasteiger partial charge < -0.3 is 10.1 Å². The van der Waals surface area contributed by atoms with Gasteiger partial charge in [0.05, 0.1) is 18.7 Å². The van der Waals surface area contributed by atoms with E-state index in [9.17, 15) is 14.0 Å². The summed E-state index contributed by atoms with van der Waals surface area (Å²) in [7, 11) is 0. The van der Waals surface area contributed by atoms with Gasteiger partial charge in [-0.25, -0.2) is 4.39 Å². The zero-order valence-corrected chi connectivity index (χ0v) is 18.8. The molecule has 0 atom stereocenters. The number of anilines is 1. The maximum Gasteiger partial charge on any atom is 0.278 e. The highest BCUT2D eigenvalue weighted by molar-refractivity contribution is 6.36. The third kappa shape index (κ3) is 4.80. The fourth-order valence-electron chi connectivity index (χ4n) is 3.95. The Morgan fingerprint density at radius 3 is 2.12 bits per heavy atom. The summed E-state index contributed by atoms with van der Waals surface area (Å²) in [5, 5.41) is 3.19. The molecule has 0 saturated heterocycles. The molecule has 6 heteroatoms. The Kier molecular flexibility index (Phi) is 6.27. The molecule has 33 heavy (non-hydrogen) atoms. The second-order valence-corrected chi connectivity index (χ2v) is 8.03. The fourth-order valence-corrected chi connectivity index (χ4v) is 3.95. The van der Waals surface area contributed by atoms with Crippen molar-refractivity contribution < 1.29 is 18.7 Å². The van der Waals surface area contributed by atoms with Gasteiger partial charge in [-0.3, -0.25) is 14.5 Å². The molecule has 4 rings (SSSR count). The number of nitrogens with one attached hydrogen (secondary N) is 1. The molecule has 168 valence electrons. The van der Waals surface area contributed by atoms with Gasteiger partial charge in [-0.05, 0) is 79.4 Å². The predicted octanol–water partition coefficient (Wildman–Crippen LogP) is 5.23. The van der Waals surface area contributed by atoms with Crippen LogP contribution in [-0.4, -0.2) is 23.3 Å². The van der Waals surface area contributed by atoms with E-state index in [2.05, 4.69) is 5.32 Å². The number of rotatable bonds is 7. The van der Waals surface area contributed by atoms with E-state index < -0.39 is 11.8 Å². The minimum Gasteiger partial charge on any atom is -0.494 e. The first-order valence-electron chi connectivity index (χ1n) is 10.8. The maximum absolute atomic E-state index is 13.4. The van der Waals surface area contributed by atoms with E-state index in [0.29, 0.717) is 29.1 Å². The van der Waals surface area contributed by atoms with Gasteiger partial charge in [0.25, 0.3) is 11.8 Å². The van der Waals surface area contributed by atoms with Crippen molar-refractivity contribution in [3.05, 3.63) is 100 Å². The van der Waals surface area contributed by atoms with Crippen molar-refractivity contribution in [2.24, 2.45) is 0 Å². The first-order valence-corrected chi connectivity index (χ1v) is 10.8. The molecule has 5 nitrogen and oxygen atoms in total. The summed E-state index contributed by atoms with van der Waals surface area (Å²) in [6, 6.07) is 18.8. The van der Waals surface area contributed by atoms with Gasteiger partial charge in [-0.1, -0.05) is 30.3 Å². The largest absolute Gasteiger partial charge is 0.494 e. The van der Waals surface area contributed by atoms with Crippen molar-refractivity contribution in [3.63, 3.8) is 0 Å². The number of imide groups is 1. The first-order chi connectivity index (χ1) is 15.9. The van der Waals surface area contributed by atoms with E-state index >= 15 is 0 Å². The number of aryl methyl sites for hydroxylation is 2. The number of benzene rings is 3. The summed E-state index contributed by atoms with van der Waals surface area (Å²) in [6.45, 7) is 6.43. The highest BCUT2D eigenvalue weighted by Crippen LogP contribution is 2.32. The SMILES string of the molecule is CCOc1ccc(C2=C(Nc3cc(C)cc(C)c3)C(=O)N(Cc3ccc(F)cc3)C2=O)cc1. The third-order valence-corrected chi connectivity index (χ3v) is 5.37. The highest BCUT2D eigenvalue weighted by Gasteiger charge is 2.39. The Labute approximate surface area is 192 Å². The Balaban J connectivity index is 1.73. The van der Waals surface area contributed by atoms with Crippen LogP contribution in [0.1, 0.15) is 29.2 Å². The van der Waals surface area contributed by atoms with Crippen molar-refractivity contribution in [1.82, 2.24) is 4.90 Å². The van der Waals surface area contributed by atoms with Crippen LogP contribution in [-0.2, 0) is 16.1 Å². The van der Waals surface area contributed by atoms with Crippen LogP contribution < -0.4 is 10.1 Å².